The minimum atomic E-state index is 0.0109. The van der Waals surface area contributed by atoms with Gasteiger partial charge < -0.3 is 19.7 Å². The molecule has 1 aromatic carbocycles. The molecule has 110 valence electrons. The van der Waals surface area contributed by atoms with Crippen LogP contribution in [0.1, 0.15) is 13.8 Å². The van der Waals surface area contributed by atoms with Crippen LogP contribution in [0.3, 0.4) is 0 Å². The van der Waals surface area contributed by atoms with Crippen molar-refractivity contribution >= 4 is 5.91 Å². The Kier molecular flexibility index (Phi) is 4.84. The maximum absolute atomic E-state index is 12.3. The summed E-state index contributed by atoms with van der Waals surface area (Å²) in [6.07, 6.45) is 0. The number of nitrogens with zero attached hydrogens (tertiary/aromatic N) is 1. The highest BCUT2D eigenvalue weighted by atomic mass is 16.5. The molecule has 0 aliphatic carbocycles. The zero-order valence-corrected chi connectivity index (χ0v) is 12.3. The first-order valence-electron chi connectivity index (χ1n) is 6.90. The molecular formula is C15H22N2O3. The molecule has 1 aliphatic heterocycles. The van der Waals surface area contributed by atoms with Crippen molar-refractivity contribution < 1.29 is 14.3 Å². The average molecular weight is 278 g/mol. The molecule has 1 amide bonds. The van der Waals surface area contributed by atoms with Gasteiger partial charge in [0.15, 0.2) is 18.1 Å². The van der Waals surface area contributed by atoms with Gasteiger partial charge in [0.1, 0.15) is 0 Å². The number of hydrogen-bond acceptors (Lipinski definition) is 4. The van der Waals surface area contributed by atoms with E-state index in [9.17, 15) is 4.79 Å². The van der Waals surface area contributed by atoms with E-state index in [-0.39, 0.29) is 18.6 Å². The third-order valence-corrected chi connectivity index (χ3v) is 3.50. The number of benzene rings is 1. The van der Waals surface area contributed by atoms with Crippen molar-refractivity contribution in [3.63, 3.8) is 0 Å². The van der Waals surface area contributed by atoms with E-state index < -0.39 is 0 Å². The van der Waals surface area contributed by atoms with Gasteiger partial charge >= 0.3 is 0 Å². The molecular weight excluding hydrogens is 256 g/mol. The summed E-state index contributed by atoms with van der Waals surface area (Å²) in [5.74, 6) is 1.25. The minimum absolute atomic E-state index is 0.0109. The van der Waals surface area contributed by atoms with Crippen molar-refractivity contribution in [2.45, 2.75) is 25.9 Å². The molecule has 0 bridgehead atoms. The van der Waals surface area contributed by atoms with Crippen LogP contribution in [0.2, 0.25) is 0 Å². The third-order valence-electron chi connectivity index (χ3n) is 3.50. The maximum atomic E-state index is 12.3. The molecule has 2 unspecified atom stereocenters. The first kappa shape index (κ1) is 14.7. The Hall–Kier alpha value is -1.75. The van der Waals surface area contributed by atoms with E-state index >= 15 is 0 Å². The van der Waals surface area contributed by atoms with Gasteiger partial charge in [-0.25, -0.2) is 0 Å². The van der Waals surface area contributed by atoms with Crippen LogP contribution in [-0.4, -0.2) is 49.7 Å². The van der Waals surface area contributed by atoms with Crippen LogP contribution in [0.4, 0.5) is 0 Å². The van der Waals surface area contributed by atoms with Gasteiger partial charge in [-0.1, -0.05) is 12.1 Å². The van der Waals surface area contributed by atoms with Gasteiger partial charge in [-0.15, -0.1) is 0 Å². The molecule has 0 aromatic heterocycles. The van der Waals surface area contributed by atoms with Crippen molar-refractivity contribution in [1.29, 1.82) is 0 Å². The highest BCUT2D eigenvalue weighted by Crippen LogP contribution is 2.25. The van der Waals surface area contributed by atoms with E-state index in [1.54, 1.807) is 13.2 Å². The van der Waals surface area contributed by atoms with Gasteiger partial charge in [0.05, 0.1) is 7.11 Å². The van der Waals surface area contributed by atoms with Gasteiger partial charge in [-0.2, -0.15) is 0 Å². The van der Waals surface area contributed by atoms with Gasteiger partial charge in [0.25, 0.3) is 5.91 Å². The van der Waals surface area contributed by atoms with Crippen LogP contribution in [0, 0.1) is 0 Å². The number of piperazine rings is 1. The van der Waals surface area contributed by atoms with Crippen LogP contribution in [0.5, 0.6) is 11.5 Å². The lowest BCUT2D eigenvalue weighted by molar-refractivity contribution is -0.136. The fourth-order valence-electron chi connectivity index (χ4n) is 2.33. The van der Waals surface area contributed by atoms with Gasteiger partial charge in [-0.3, -0.25) is 4.79 Å². The summed E-state index contributed by atoms with van der Waals surface area (Å²) >= 11 is 0. The fraction of sp³-hybridized carbons (Fsp3) is 0.533. The predicted octanol–water partition coefficient (Wildman–Crippen LogP) is 1.28. The van der Waals surface area contributed by atoms with Crippen molar-refractivity contribution in [1.82, 2.24) is 10.2 Å². The van der Waals surface area contributed by atoms with E-state index in [0.717, 1.165) is 13.1 Å². The number of amides is 1. The Labute approximate surface area is 119 Å². The molecule has 0 saturated carbocycles. The fourth-order valence-corrected chi connectivity index (χ4v) is 2.33. The Bertz CT molecular complexity index is 464. The molecule has 0 spiro atoms. The summed E-state index contributed by atoms with van der Waals surface area (Å²) in [4.78, 5) is 14.1. The lowest BCUT2D eigenvalue weighted by atomic mass is 10.1. The molecule has 1 aromatic rings. The number of para-hydroxylation sites is 2. The van der Waals surface area contributed by atoms with Crippen molar-refractivity contribution in [3.8, 4) is 11.5 Å². The molecule has 1 N–H and O–H groups in total. The smallest absolute Gasteiger partial charge is 0.260 e. The number of hydrogen-bond donors (Lipinski definition) is 1. The van der Waals surface area contributed by atoms with Crippen molar-refractivity contribution in [3.05, 3.63) is 24.3 Å². The average Bonchev–Trinajstić information content (AvgIpc) is 2.47. The topological polar surface area (TPSA) is 50.8 Å². The van der Waals surface area contributed by atoms with Crippen LogP contribution < -0.4 is 14.8 Å². The van der Waals surface area contributed by atoms with Gasteiger partial charge in [0, 0.05) is 25.2 Å². The largest absolute Gasteiger partial charge is 0.493 e. The Morgan fingerprint density at radius 1 is 1.35 bits per heavy atom. The van der Waals surface area contributed by atoms with E-state index in [4.69, 9.17) is 9.47 Å². The van der Waals surface area contributed by atoms with Crippen molar-refractivity contribution in [2.24, 2.45) is 0 Å². The molecule has 0 radical (unpaired) electrons. The van der Waals surface area contributed by atoms with Crippen LogP contribution in [0.25, 0.3) is 0 Å². The normalized spacial score (nSPS) is 22.4. The second kappa shape index (κ2) is 6.61. The zero-order chi connectivity index (χ0) is 14.5. The Balaban J connectivity index is 1.94. The van der Waals surface area contributed by atoms with Gasteiger partial charge in [0.2, 0.25) is 0 Å². The first-order chi connectivity index (χ1) is 9.61. The lowest BCUT2D eigenvalue weighted by Gasteiger charge is -2.37. The summed E-state index contributed by atoms with van der Waals surface area (Å²) in [5, 5.41) is 3.35. The second-order valence-electron chi connectivity index (χ2n) is 5.14. The van der Waals surface area contributed by atoms with Crippen LogP contribution >= 0.6 is 0 Å². The van der Waals surface area contributed by atoms with E-state index in [0.29, 0.717) is 17.5 Å². The molecule has 1 saturated heterocycles. The Morgan fingerprint density at radius 2 is 2.05 bits per heavy atom. The van der Waals surface area contributed by atoms with E-state index in [1.807, 2.05) is 30.0 Å². The molecule has 5 heteroatoms. The molecule has 5 nitrogen and oxygen atoms in total. The Morgan fingerprint density at radius 3 is 2.75 bits per heavy atom. The maximum Gasteiger partial charge on any atom is 0.260 e. The number of rotatable bonds is 4. The third kappa shape index (κ3) is 3.42. The lowest BCUT2D eigenvalue weighted by Crippen LogP contribution is -2.57. The zero-order valence-electron chi connectivity index (χ0n) is 12.3. The second-order valence-corrected chi connectivity index (χ2v) is 5.14. The molecule has 1 heterocycles. The highest BCUT2D eigenvalue weighted by Gasteiger charge is 2.26. The molecule has 20 heavy (non-hydrogen) atoms. The van der Waals surface area contributed by atoms with Crippen LogP contribution in [-0.2, 0) is 4.79 Å². The van der Waals surface area contributed by atoms with Crippen molar-refractivity contribution in [2.75, 3.05) is 26.8 Å². The summed E-state index contributed by atoms with van der Waals surface area (Å²) < 4.78 is 10.8. The highest BCUT2D eigenvalue weighted by molar-refractivity contribution is 5.78. The van der Waals surface area contributed by atoms with Crippen LogP contribution in [0.15, 0.2) is 24.3 Å². The predicted molar refractivity (Wildman–Crippen MR) is 77.1 cm³/mol. The molecule has 1 aliphatic rings. The van der Waals surface area contributed by atoms with Gasteiger partial charge in [-0.05, 0) is 26.0 Å². The summed E-state index contributed by atoms with van der Waals surface area (Å²) in [7, 11) is 1.59. The number of ether oxygens (including phenoxy) is 2. The first-order valence-corrected chi connectivity index (χ1v) is 6.90. The monoisotopic (exact) mass is 278 g/mol. The van der Waals surface area contributed by atoms with E-state index in [2.05, 4.69) is 12.2 Å². The van der Waals surface area contributed by atoms with E-state index in [1.165, 1.54) is 0 Å². The number of carbonyl (C=O) groups is 1. The SMILES string of the molecule is COc1ccccc1OCC(=O)N1CC(C)NCC1C. The number of carbonyl (C=O) groups excluding carboxylic acids is 1. The molecule has 2 rings (SSSR count). The minimum Gasteiger partial charge on any atom is -0.493 e. The quantitative estimate of drug-likeness (QED) is 0.901. The summed E-state index contributed by atoms with van der Waals surface area (Å²) in [5.41, 5.74) is 0. The standard InChI is InChI=1S/C15H22N2O3/c1-11-9-17(12(2)8-16-11)15(18)10-20-14-7-5-4-6-13(14)19-3/h4-7,11-12,16H,8-10H2,1-3H3. The molecule has 1 fully saturated rings. The number of nitrogens with one attached hydrogen (secondary N) is 1. The summed E-state index contributed by atoms with van der Waals surface area (Å²) in [6.45, 7) is 5.70. The summed E-state index contributed by atoms with van der Waals surface area (Å²) in [6, 6.07) is 7.86. The number of methoxy groups -OCH3 is 1. The molecule has 2 atom stereocenters.